The van der Waals surface area contributed by atoms with Crippen LogP contribution in [0.4, 0.5) is 0 Å². The molecule has 1 aromatic carbocycles. The molecule has 2 aromatic rings. The van der Waals surface area contributed by atoms with Crippen LogP contribution < -0.4 is 10.2 Å². The van der Waals surface area contributed by atoms with Gasteiger partial charge < -0.3 is 4.74 Å². The topological polar surface area (TPSA) is 60.5 Å². The van der Waals surface area contributed by atoms with Gasteiger partial charge in [0.1, 0.15) is 11.5 Å². The van der Waals surface area contributed by atoms with Crippen molar-refractivity contribution in [3.05, 3.63) is 54.4 Å². The smallest absolute Gasteiger partial charge is 0.274 e. The number of hydrogen-bond acceptors (Lipinski definition) is 4. The summed E-state index contributed by atoms with van der Waals surface area (Å²) in [6.45, 7) is 2.22. The number of rotatable bonds is 5. The minimum atomic E-state index is -0.283. The van der Waals surface area contributed by atoms with Crippen molar-refractivity contribution in [1.82, 2.24) is 10.5 Å². The van der Waals surface area contributed by atoms with Crippen LogP contribution in [0, 0.1) is 0 Å². The van der Waals surface area contributed by atoms with Gasteiger partial charge in [0, 0.05) is 11.8 Å². The van der Waals surface area contributed by atoms with Crippen LogP contribution >= 0.6 is 0 Å². The van der Waals surface area contributed by atoms with Gasteiger partial charge in [-0.15, -0.1) is 0 Å². The number of aromatic nitrogens is 1. The van der Waals surface area contributed by atoms with E-state index >= 15 is 0 Å². The first kappa shape index (κ1) is 13.0. The highest BCUT2D eigenvalue weighted by Gasteiger charge is 2.05. The van der Waals surface area contributed by atoms with E-state index in [9.17, 15) is 4.79 Å². The summed E-state index contributed by atoms with van der Waals surface area (Å²) in [4.78, 5) is 20.4. The molecule has 1 heterocycles. The summed E-state index contributed by atoms with van der Waals surface area (Å²) in [6, 6.07) is 10.4. The lowest BCUT2D eigenvalue weighted by Gasteiger charge is -2.06. The molecule has 0 spiro atoms. The highest BCUT2D eigenvalue weighted by atomic mass is 16.6. The molecule has 0 aliphatic carbocycles. The van der Waals surface area contributed by atoms with E-state index in [4.69, 9.17) is 9.57 Å². The predicted octanol–water partition coefficient (Wildman–Crippen LogP) is 2.56. The molecule has 0 atom stereocenters. The molecule has 0 bridgehead atoms. The lowest BCUT2D eigenvalue weighted by Crippen LogP contribution is -2.23. The largest absolute Gasteiger partial charge is 0.456 e. The highest BCUT2D eigenvalue weighted by molar-refractivity contribution is 5.93. The minimum Gasteiger partial charge on any atom is -0.456 e. The second-order valence-electron chi connectivity index (χ2n) is 3.68. The molecule has 5 nitrogen and oxygen atoms in total. The van der Waals surface area contributed by atoms with E-state index in [-0.39, 0.29) is 5.91 Å². The van der Waals surface area contributed by atoms with Gasteiger partial charge in [-0.05, 0) is 43.3 Å². The Morgan fingerprint density at radius 3 is 2.63 bits per heavy atom. The summed E-state index contributed by atoms with van der Waals surface area (Å²) >= 11 is 0. The molecule has 1 aromatic heterocycles. The van der Waals surface area contributed by atoms with Gasteiger partial charge in [-0.25, -0.2) is 5.48 Å². The molecule has 1 amide bonds. The van der Waals surface area contributed by atoms with Gasteiger partial charge in [-0.3, -0.25) is 14.6 Å². The maximum absolute atomic E-state index is 11.6. The fourth-order valence-electron chi connectivity index (χ4n) is 1.41. The van der Waals surface area contributed by atoms with Crippen LogP contribution in [0.1, 0.15) is 17.3 Å². The lowest BCUT2D eigenvalue weighted by molar-refractivity contribution is 0.0364. The maximum Gasteiger partial charge on any atom is 0.274 e. The van der Waals surface area contributed by atoms with Crippen LogP contribution in [0.5, 0.6) is 11.5 Å². The zero-order valence-electron chi connectivity index (χ0n) is 10.5. The van der Waals surface area contributed by atoms with E-state index < -0.39 is 0 Å². The normalized spacial score (nSPS) is 9.95. The van der Waals surface area contributed by atoms with Crippen molar-refractivity contribution in [1.29, 1.82) is 0 Å². The number of benzene rings is 1. The molecule has 0 aliphatic heterocycles. The summed E-state index contributed by atoms with van der Waals surface area (Å²) in [5.74, 6) is 1.00. The van der Waals surface area contributed by atoms with E-state index in [1.807, 2.05) is 6.07 Å². The quantitative estimate of drug-likeness (QED) is 0.837. The number of hydroxylamine groups is 1. The Kier molecular flexibility index (Phi) is 4.47. The van der Waals surface area contributed by atoms with Gasteiger partial charge in [0.25, 0.3) is 5.91 Å². The first-order chi connectivity index (χ1) is 9.29. The summed E-state index contributed by atoms with van der Waals surface area (Å²) in [5.41, 5.74) is 2.83. The number of hydrogen-bond donors (Lipinski definition) is 1. The monoisotopic (exact) mass is 258 g/mol. The Labute approximate surface area is 111 Å². The summed E-state index contributed by atoms with van der Waals surface area (Å²) in [6.07, 6.45) is 3.30. The Morgan fingerprint density at radius 2 is 2.00 bits per heavy atom. The standard InChI is InChI=1S/C14H14N2O3/c1-2-18-16-14(17)11-5-7-12(8-6-11)19-13-4-3-9-15-10-13/h3-10H,2H2,1H3,(H,16,17). The number of pyridine rings is 1. The fraction of sp³-hybridized carbons (Fsp3) is 0.143. The van der Waals surface area contributed by atoms with Crippen molar-refractivity contribution in [2.24, 2.45) is 0 Å². The van der Waals surface area contributed by atoms with Crippen molar-refractivity contribution < 1.29 is 14.4 Å². The molecular formula is C14H14N2O3. The number of amides is 1. The summed E-state index contributed by atoms with van der Waals surface area (Å²) in [7, 11) is 0. The number of nitrogens with zero attached hydrogens (tertiary/aromatic N) is 1. The van der Waals surface area contributed by atoms with Crippen molar-refractivity contribution >= 4 is 5.91 Å². The van der Waals surface area contributed by atoms with E-state index in [0.717, 1.165) is 0 Å². The Bertz CT molecular complexity index is 526. The van der Waals surface area contributed by atoms with Crippen LogP contribution in [0.2, 0.25) is 0 Å². The SMILES string of the molecule is CCONC(=O)c1ccc(Oc2cccnc2)cc1. The highest BCUT2D eigenvalue weighted by Crippen LogP contribution is 2.20. The Morgan fingerprint density at radius 1 is 1.21 bits per heavy atom. The van der Waals surface area contributed by atoms with Crippen LogP contribution in [0.3, 0.4) is 0 Å². The predicted molar refractivity (Wildman–Crippen MR) is 69.8 cm³/mol. The first-order valence-electron chi connectivity index (χ1n) is 5.89. The van der Waals surface area contributed by atoms with E-state index in [1.54, 1.807) is 49.6 Å². The van der Waals surface area contributed by atoms with Gasteiger partial charge in [-0.1, -0.05) is 0 Å². The van der Waals surface area contributed by atoms with Crippen molar-refractivity contribution in [3.8, 4) is 11.5 Å². The van der Waals surface area contributed by atoms with E-state index in [1.165, 1.54) is 0 Å². The second-order valence-corrected chi connectivity index (χ2v) is 3.68. The number of nitrogens with one attached hydrogen (secondary N) is 1. The van der Waals surface area contributed by atoms with Crippen LogP contribution in [-0.2, 0) is 4.84 Å². The number of carbonyl (C=O) groups excluding carboxylic acids is 1. The molecule has 98 valence electrons. The molecule has 5 heteroatoms. The van der Waals surface area contributed by atoms with Crippen molar-refractivity contribution in [2.45, 2.75) is 6.92 Å². The average Bonchev–Trinajstić information content (AvgIpc) is 2.46. The molecular weight excluding hydrogens is 244 g/mol. The van der Waals surface area contributed by atoms with Gasteiger partial charge in [0.05, 0.1) is 12.8 Å². The van der Waals surface area contributed by atoms with E-state index in [0.29, 0.717) is 23.7 Å². The van der Waals surface area contributed by atoms with E-state index in [2.05, 4.69) is 10.5 Å². The van der Waals surface area contributed by atoms with Gasteiger partial charge in [0.2, 0.25) is 0 Å². The van der Waals surface area contributed by atoms with Crippen LogP contribution in [-0.4, -0.2) is 17.5 Å². The Hall–Kier alpha value is -2.40. The first-order valence-corrected chi connectivity index (χ1v) is 5.89. The average molecular weight is 258 g/mol. The third-order valence-corrected chi connectivity index (χ3v) is 2.30. The lowest BCUT2D eigenvalue weighted by atomic mass is 10.2. The third-order valence-electron chi connectivity index (χ3n) is 2.30. The number of carbonyl (C=O) groups is 1. The molecule has 0 saturated carbocycles. The summed E-state index contributed by atoms with van der Waals surface area (Å²) in [5, 5.41) is 0. The number of ether oxygens (including phenoxy) is 1. The molecule has 0 unspecified atom stereocenters. The fourth-order valence-corrected chi connectivity index (χ4v) is 1.41. The summed E-state index contributed by atoms with van der Waals surface area (Å²) < 4.78 is 5.57. The van der Waals surface area contributed by atoms with Crippen molar-refractivity contribution in [3.63, 3.8) is 0 Å². The third kappa shape index (κ3) is 3.79. The molecule has 0 aliphatic rings. The van der Waals surface area contributed by atoms with Crippen LogP contribution in [0.25, 0.3) is 0 Å². The van der Waals surface area contributed by atoms with Crippen LogP contribution in [0.15, 0.2) is 48.8 Å². The molecule has 1 N–H and O–H groups in total. The molecule has 0 saturated heterocycles. The van der Waals surface area contributed by atoms with Gasteiger partial charge >= 0.3 is 0 Å². The zero-order valence-corrected chi connectivity index (χ0v) is 10.5. The zero-order chi connectivity index (χ0) is 13.5. The Balaban J connectivity index is 2.00. The molecule has 0 fully saturated rings. The molecule has 19 heavy (non-hydrogen) atoms. The second kappa shape index (κ2) is 6.51. The minimum absolute atomic E-state index is 0.283. The van der Waals surface area contributed by atoms with Gasteiger partial charge in [0.15, 0.2) is 0 Å². The maximum atomic E-state index is 11.6. The molecule has 2 rings (SSSR count). The van der Waals surface area contributed by atoms with Crippen molar-refractivity contribution in [2.75, 3.05) is 6.61 Å². The molecule has 0 radical (unpaired) electrons. The van der Waals surface area contributed by atoms with Gasteiger partial charge in [-0.2, -0.15) is 0 Å².